The second-order valence-electron chi connectivity index (χ2n) is 7.20. The highest BCUT2D eigenvalue weighted by Crippen LogP contribution is 2.23. The Kier molecular flexibility index (Phi) is 6.10. The van der Waals surface area contributed by atoms with E-state index < -0.39 is 10.0 Å². The predicted octanol–water partition coefficient (Wildman–Crippen LogP) is 2.93. The lowest BCUT2D eigenvalue weighted by Gasteiger charge is -2.30. The largest absolute Gasteiger partial charge is 0.465 e. The van der Waals surface area contributed by atoms with Crippen LogP contribution in [0.3, 0.4) is 0 Å². The Balaban J connectivity index is 1.71. The van der Waals surface area contributed by atoms with Crippen LogP contribution in [0.4, 0.5) is 4.79 Å². The lowest BCUT2D eigenvalue weighted by atomic mass is 10.0. The number of hydrogen-bond acceptors (Lipinski definition) is 4. The van der Waals surface area contributed by atoms with Crippen LogP contribution in [0.2, 0.25) is 0 Å². The van der Waals surface area contributed by atoms with Gasteiger partial charge in [0, 0.05) is 19.1 Å². The Hall–Kier alpha value is -2.32. The summed E-state index contributed by atoms with van der Waals surface area (Å²) >= 11 is 0. The molecule has 1 atom stereocenters. The Bertz CT molecular complexity index is 952. The number of nitrogens with one attached hydrogen (secondary N) is 2. The van der Waals surface area contributed by atoms with E-state index in [1.54, 1.807) is 29.2 Å². The van der Waals surface area contributed by atoms with Crippen molar-refractivity contribution in [2.24, 2.45) is 0 Å². The monoisotopic (exact) mass is 405 g/mol. The Morgan fingerprint density at radius 3 is 2.71 bits per heavy atom. The van der Waals surface area contributed by atoms with E-state index in [2.05, 4.69) is 10.0 Å². The van der Waals surface area contributed by atoms with Gasteiger partial charge in [0.05, 0.1) is 11.4 Å². The minimum absolute atomic E-state index is 0.0939. The number of benzene rings is 1. The number of carbonyl (C=O) groups excluding carboxylic acids is 1. The maximum Gasteiger partial charge on any atom is 0.317 e. The third kappa shape index (κ3) is 4.74. The van der Waals surface area contributed by atoms with Crippen molar-refractivity contribution < 1.29 is 17.6 Å². The number of sulfonamides is 1. The normalized spacial score (nSPS) is 15.2. The molecule has 2 amide bonds. The molecule has 0 saturated heterocycles. The Morgan fingerprint density at radius 2 is 2.04 bits per heavy atom. The summed E-state index contributed by atoms with van der Waals surface area (Å²) < 4.78 is 33.3. The molecule has 7 nitrogen and oxygen atoms in total. The average molecular weight is 406 g/mol. The zero-order chi connectivity index (χ0) is 20.3. The van der Waals surface area contributed by atoms with E-state index in [9.17, 15) is 13.2 Å². The van der Waals surface area contributed by atoms with Crippen molar-refractivity contribution in [1.82, 2.24) is 14.9 Å². The second kappa shape index (κ2) is 8.36. The molecule has 1 aliphatic rings. The third-order valence-corrected chi connectivity index (χ3v) is 6.40. The van der Waals surface area contributed by atoms with Gasteiger partial charge in [-0.3, -0.25) is 0 Å². The van der Waals surface area contributed by atoms with Gasteiger partial charge in [0.1, 0.15) is 11.5 Å². The van der Waals surface area contributed by atoms with Crippen molar-refractivity contribution in [3.8, 4) is 0 Å². The van der Waals surface area contributed by atoms with Crippen molar-refractivity contribution in [2.45, 2.75) is 57.6 Å². The standard InChI is InChI=1S/C20H27N3O4S/c1-4-14(2)22-20(24)23-10-9-16-6-8-19(11-17(16)13-23)28(25,26)21-12-18-7-5-15(3)27-18/h5-8,11,14,21H,4,9-10,12-13H2,1-3H3,(H,22,24)/t14-/m1/s1. The zero-order valence-electron chi connectivity index (χ0n) is 16.5. The minimum atomic E-state index is -3.67. The van der Waals surface area contributed by atoms with E-state index in [1.165, 1.54) is 0 Å². The smallest absolute Gasteiger partial charge is 0.317 e. The van der Waals surface area contributed by atoms with Gasteiger partial charge >= 0.3 is 6.03 Å². The topological polar surface area (TPSA) is 91.7 Å². The SMILES string of the molecule is CC[C@@H](C)NC(=O)N1CCc2ccc(S(=O)(=O)NCc3ccc(C)o3)cc2C1. The second-order valence-corrected chi connectivity index (χ2v) is 8.96. The fourth-order valence-corrected chi connectivity index (χ4v) is 4.15. The minimum Gasteiger partial charge on any atom is -0.465 e. The lowest BCUT2D eigenvalue weighted by Crippen LogP contribution is -2.45. The van der Waals surface area contributed by atoms with E-state index >= 15 is 0 Å². The van der Waals surface area contributed by atoms with Gasteiger partial charge in [-0.25, -0.2) is 17.9 Å². The summed E-state index contributed by atoms with van der Waals surface area (Å²) in [6.45, 7) is 6.91. The van der Waals surface area contributed by atoms with Crippen LogP contribution in [0.1, 0.15) is 42.9 Å². The summed E-state index contributed by atoms with van der Waals surface area (Å²) in [7, 11) is -3.67. The molecule has 0 saturated carbocycles. The highest BCUT2D eigenvalue weighted by molar-refractivity contribution is 7.89. The van der Waals surface area contributed by atoms with Crippen LogP contribution >= 0.6 is 0 Å². The quantitative estimate of drug-likeness (QED) is 0.773. The molecule has 152 valence electrons. The van der Waals surface area contributed by atoms with Crippen LogP contribution in [0.5, 0.6) is 0 Å². The van der Waals surface area contributed by atoms with Crippen LogP contribution in [-0.4, -0.2) is 31.9 Å². The summed E-state index contributed by atoms with van der Waals surface area (Å²) in [5.74, 6) is 1.30. The van der Waals surface area contributed by atoms with Gasteiger partial charge in [-0.05, 0) is 62.1 Å². The Labute approximate surface area is 166 Å². The van der Waals surface area contributed by atoms with Gasteiger partial charge in [0.25, 0.3) is 0 Å². The third-order valence-electron chi connectivity index (χ3n) is 5.00. The van der Waals surface area contributed by atoms with Crippen molar-refractivity contribution in [1.29, 1.82) is 0 Å². The molecular weight excluding hydrogens is 378 g/mol. The molecule has 1 aromatic heterocycles. The highest BCUT2D eigenvalue weighted by Gasteiger charge is 2.24. The molecule has 2 heterocycles. The molecule has 0 fully saturated rings. The molecule has 0 spiro atoms. The first-order valence-corrected chi connectivity index (χ1v) is 11.0. The van der Waals surface area contributed by atoms with Crippen molar-refractivity contribution in [3.05, 3.63) is 53.0 Å². The molecule has 0 radical (unpaired) electrons. The molecule has 8 heteroatoms. The number of furan rings is 1. The lowest BCUT2D eigenvalue weighted by molar-refractivity contribution is 0.188. The summed E-state index contributed by atoms with van der Waals surface area (Å²) in [6.07, 6.45) is 1.57. The molecule has 1 aromatic carbocycles. The molecule has 2 N–H and O–H groups in total. The number of rotatable bonds is 6. The molecule has 28 heavy (non-hydrogen) atoms. The summed E-state index contributed by atoms with van der Waals surface area (Å²) in [6, 6.07) is 8.65. The van der Waals surface area contributed by atoms with Crippen LogP contribution in [-0.2, 0) is 29.5 Å². The summed E-state index contributed by atoms with van der Waals surface area (Å²) in [4.78, 5) is 14.3. The fourth-order valence-electron chi connectivity index (χ4n) is 3.11. The maximum absolute atomic E-state index is 12.7. The highest BCUT2D eigenvalue weighted by atomic mass is 32.2. The first-order valence-electron chi connectivity index (χ1n) is 9.50. The van der Waals surface area contributed by atoms with Crippen LogP contribution < -0.4 is 10.0 Å². The number of amides is 2. The number of urea groups is 1. The molecular formula is C20H27N3O4S. The molecule has 1 aliphatic heterocycles. The summed E-state index contributed by atoms with van der Waals surface area (Å²) in [5.41, 5.74) is 1.94. The molecule has 0 bridgehead atoms. The number of fused-ring (bicyclic) bond motifs is 1. The van der Waals surface area contributed by atoms with Crippen molar-refractivity contribution >= 4 is 16.1 Å². The van der Waals surface area contributed by atoms with E-state index in [0.29, 0.717) is 25.3 Å². The van der Waals surface area contributed by atoms with Gasteiger partial charge in [-0.15, -0.1) is 0 Å². The van der Waals surface area contributed by atoms with E-state index in [4.69, 9.17) is 4.42 Å². The van der Waals surface area contributed by atoms with Crippen LogP contribution in [0.25, 0.3) is 0 Å². The van der Waals surface area contributed by atoms with Crippen LogP contribution in [0.15, 0.2) is 39.6 Å². The number of hydrogen-bond donors (Lipinski definition) is 2. The molecule has 3 rings (SSSR count). The van der Waals surface area contributed by atoms with Crippen molar-refractivity contribution in [2.75, 3.05) is 6.54 Å². The fraction of sp³-hybridized carbons (Fsp3) is 0.450. The maximum atomic E-state index is 12.7. The van der Waals surface area contributed by atoms with Crippen molar-refractivity contribution in [3.63, 3.8) is 0 Å². The average Bonchev–Trinajstić information content (AvgIpc) is 3.10. The van der Waals surface area contributed by atoms with Gasteiger partial charge in [-0.1, -0.05) is 13.0 Å². The molecule has 0 unspecified atom stereocenters. The Morgan fingerprint density at radius 1 is 1.25 bits per heavy atom. The number of carbonyl (C=O) groups is 1. The summed E-state index contributed by atoms with van der Waals surface area (Å²) in [5, 5.41) is 2.96. The van der Waals surface area contributed by atoms with Gasteiger partial charge < -0.3 is 14.6 Å². The number of nitrogens with zero attached hydrogens (tertiary/aromatic N) is 1. The predicted molar refractivity (Wildman–Crippen MR) is 106 cm³/mol. The molecule has 0 aliphatic carbocycles. The van der Waals surface area contributed by atoms with E-state index in [1.807, 2.05) is 26.8 Å². The van der Waals surface area contributed by atoms with E-state index in [-0.39, 0.29) is 23.5 Å². The van der Waals surface area contributed by atoms with Gasteiger partial charge in [-0.2, -0.15) is 0 Å². The first kappa shape index (κ1) is 20.4. The van der Waals surface area contributed by atoms with Crippen LogP contribution in [0, 0.1) is 6.92 Å². The van der Waals surface area contributed by atoms with Gasteiger partial charge in [0.15, 0.2) is 0 Å². The van der Waals surface area contributed by atoms with Gasteiger partial charge in [0.2, 0.25) is 10.0 Å². The number of aryl methyl sites for hydroxylation is 1. The first-order chi connectivity index (χ1) is 13.3. The molecule has 2 aromatic rings. The van der Waals surface area contributed by atoms with E-state index in [0.717, 1.165) is 23.3 Å². The zero-order valence-corrected chi connectivity index (χ0v) is 17.3.